The zero-order valence-electron chi connectivity index (χ0n) is 12.4. The van der Waals surface area contributed by atoms with E-state index in [9.17, 15) is 0 Å². The predicted molar refractivity (Wildman–Crippen MR) is 89.7 cm³/mol. The molecule has 0 spiro atoms. The van der Waals surface area contributed by atoms with Gasteiger partial charge in [-0.25, -0.2) is 0 Å². The molecule has 0 saturated heterocycles. The topological polar surface area (TPSA) is 24.9 Å². The number of fused-ring (bicyclic) bond motifs is 1. The summed E-state index contributed by atoms with van der Waals surface area (Å²) in [5.74, 6) is 0.769. The van der Waals surface area contributed by atoms with E-state index in [2.05, 4.69) is 35.6 Å². The van der Waals surface area contributed by atoms with Gasteiger partial charge in [0.15, 0.2) is 0 Å². The van der Waals surface area contributed by atoms with Crippen LogP contribution < -0.4 is 5.32 Å². The Kier molecular flexibility index (Phi) is 4.77. The molecule has 0 bridgehead atoms. The maximum Gasteiger partial charge on any atom is 0.0705 e. The summed E-state index contributed by atoms with van der Waals surface area (Å²) in [7, 11) is 0. The second-order valence-corrected chi connectivity index (χ2v) is 6.56. The van der Waals surface area contributed by atoms with Crippen molar-refractivity contribution in [2.75, 3.05) is 12.4 Å². The summed E-state index contributed by atoms with van der Waals surface area (Å²) in [6, 6.07) is 12.5. The summed E-state index contributed by atoms with van der Waals surface area (Å²) in [6.07, 6.45) is 6.53. The fourth-order valence-electron chi connectivity index (χ4n) is 3.32. The second-order valence-electron chi connectivity index (χ2n) is 6.29. The van der Waals surface area contributed by atoms with Gasteiger partial charge in [0.2, 0.25) is 0 Å². The third kappa shape index (κ3) is 3.56. The van der Waals surface area contributed by atoms with E-state index in [-0.39, 0.29) is 0 Å². The van der Waals surface area contributed by atoms with Gasteiger partial charge in [-0.3, -0.25) is 4.98 Å². The molecule has 21 heavy (non-hydrogen) atoms. The van der Waals surface area contributed by atoms with Crippen LogP contribution in [0, 0.1) is 5.41 Å². The molecule has 0 unspecified atom stereocenters. The minimum atomic E-state index is 0.302. The van der Waals surface area contributed by atoms with Crippen LogP contribution in [-0.2, 0) is 6.54 Å². The number of nitrogens with one attached hydrogen (secondary N) is 1. The molecule has 1 N–H and O–H groups in total. The highest BCUT2D eigenvalue weighted by atomic mass is 35.5. The Morgan fingerprint density at radius 1 is 1.05 bits per heavy atom. The summed E-state index contributed by atoms with van der Waals surface area (Å²) in [6.45, 7) is 1.83. The molecule has 0 radical (unpaired) electrons. The molecule has 2 nitrogen and oxygen atoms in total. The number of benzene rings is 1. The summed E-state index contributed by atoms with van der Waals surface area (Å²) in [5.41, 5.74) is 2.48. The zero-order chi connectivity index (χ0) is 14.5. The lowest BCUT2D eigenvalue weighted by Gasteiger charge is -2.35. The number of hydrogen-bond acceptors (Lipinski definition) is 2. The first-order chi connectivity index (χ1) is 10.3. The Balaban J connectivity index is 1.60. The van der Waals surface area contributed by atoms with Crippen LogP contribution in [0.3, 0.4) is 0 Å². The molecular formula is C18H23ClN2. The monoisotopic (exact) mass is 302 g/mol. The molecule has 112 valence electrons. The van der Waals surface area contributed by atoms with E-state index in [1.807, 2.05) is 6.07 Å². The first kappa shape index (κ1) is 14.8. The van der Waals surface area contributed by atoms with Gasteiger partial charge in [-0.2, -0.15) is 0 Å². The van der Waals surface area contributed by atoms with Crippen molar-refractivity contribution in [2.45, 2.75) is 38.6 Å². The van der Waals surface area contributed by atoms with E-state index in [1.165, 1.54) is 37.5 Å². The lowest BCUT2D eigenvalue weighted by Crippen LogP contribution is -2.37. The van der Waals surface area contributed by atoms with Crippen LogP contribution in [0.25, 0.3) is 10.9 Å². The van der Waals surface area contributed by atoms with Crippen molar-refractivity contribution in [2.24, 2.45) is 5.41 Å². The largest absolute Gasteiger partial charge is 0.311 e. The number of halogens is 1. The quantitative estimate of drug-likeness (QED) is 0.822. The SMILES string of the molecule is ClCC1(CNCc2ccc3ccccc3n2)CCCCC1. The highest BCUT2D eigenvalue weighted by Crippen LogP contribution is 2.36. The van der Waals surface area contributed by atoms with Crippen LogP contribution in [-0.4, -0.2) is 17.4 Å². The summed E-state index contributed by atoms with van der Waals surface area (Å²) in [5, 5.41) is 4.78. The van der Waals surface area contributed by atoms with Crippen LogP contribution >= 0.6 is 11.6 Å². The number of aromatic nitrogens is 1. The van der Waals surface area contributed by atoms with Crippen LogP contribution in [0.2, 0.25) is 0 Å². The van der Waals surface area contributed by atoms with Gasteiger partial charge >= 0.3 is 0 Å². The average Bonchev–Trinajstić information content (AvgIpc) is 2.55. The molecule has 1 aromatic carbocycles. The van der Waals surface area contributed by atoms with Gasteiger partial charge in [0.05, 0.1) is 11.2 Å². The lowest BCUT2D eigenvalue weighted by atomic mass is 9.75. The van der Waals surface area contributed by atoms with E-state index >= 15 is 0 Å². The van der Waals surface area contributed by atoms with E-state index in [0.717, 1.165) is 30.2 Å². The molecule has 0 aliphatic heterocycles. The molecular weight excluding hydrogens is 280 g/mol. The van der Waals surface area contributed by atoms with Crippen LogP contribution in [0.1, 0.15) is 37.8 Å². The van der Waals surface area contributed by atoms with Crippen molar-refractivity contribution in [1.29, 1.82) is 0 Å². The Morgan fingerprint density at radius 2 is 1.86 bits per heavy atom. The number of rotatable bonds is 5. The summed E-state index contributed by atoms with van der Waals surface area (Å²) < 4.78 is 0. The van der Waals surface area contributed by atoms with Crippen molar-refractivity contribution >= 4 is 22.5 Å². The third-order valence-corrected chi connectivity index (χ3v) is 5.23. The van der Waals surface area contributed by atoms with Gasteiger partial charge in [-0.15, -0.1) is 11.6 Å². The lowest BCUT2D eigenvalue weighted by molar-refractivity contribution is 0.212. The Hall–Kier alpha value is -1.12. The smallest absolute Gasteiger partial charge is 0.0705 e. The molecule has 1 fully saturated rings. The van der Waals surface area contributed by atoms with Crippen LogP contribution in [0.15, 0.2) is 36.4 Å². The first-order valence-electron chi connectivity index (χ1n) is 7.93. The van der Waals surface area contributed by atoms with Crippen molar-refractivity contribution < 1.29 is 0 Å². The van der Waals surface area contributed by atoms with Crippen molar-refractivity contribution in [3.8, 4) is 0 Å². The minimum Gasteiger partial charge on any atom is -0.311 e. The molecule has 1 saturated carbocycles. The normalized spacial score (nSPS) is 18.0. The maximum absolute atomic E-state index is 6.24. The fourth-order valence-corrected chi connectivity index (χ4v) is 3.68. The third-order valence-electron chi connectivity index (χ3n) is 4.66. The number of hydrogen-bond donors (Lipinski definition) is 1. The number of para-hydroxylation sites is 1. The average molecular weight is 303 g/mol. The summed E-state index contributed by atoms with van der Waals surface area (Å²) in [4.78, 5) is 4.71. The number of nitrogens with zero attached hydrogens (tertiary/aromatic N) is 1. The molecule has 1 aliphatic carbocycles. The fraction of sp³-hybridized carbons (Fsp3) is 0.500. The van der Waals surface area contributed by atoms with Crippen molar-refractivity contribution in [3.63, 3.8) is 0 Å². The standard InChI is InChI=1S/C18H23ClN2/c19-13-18(10-4-1-5-11-18)14-20-12-16-9-8-15-6-2-3-7-17(15)21-16/h2-3,6-9,20H,1,4-5,10-14H2. The van der Waals surface area contributed by atoms with Gasteiger partial charge in [0.25, 0.3) is 0 Å². The van der Waals surface area contributed by atoms with E-state index in [0.29, 0.717) is 5.41 Å². The molecule has 1 heterocycles. The van der Waals surface area contributed by atoms with Gasteiger partial charge in [-0.1, -0.05) is 43.5 Å². The minimum absolute atomic E-state index is 0.302. The second kappa shape index (κ2) is 6.76. The summed E-state index contributed by atoms with van der Waals surface area (Å²) >= 11 is 6.24. The molecule has 3 heteroatoms. The highest BCUT2D eigenvalue weighted by Gasteiger charge is 2.30. The maximum atomic E-state index is 6.24. The molecule has 1 aromatic heterocycles. The molecule has 0 amide bonds. The van der Waals surface area contributed by atoms with Crippen LogP contribution in [0.5, 0.6) is 0 Å². The van der Waals surface area contributed by atoms with E-state index in [4.69, 9.17) is 16.6 Å². The molecule has 3 rings (SSSR count). The predicted octanol–water partition coefficient (Wildman–Crippen LogP) is 4.51. The van der Waals surface area contributed by atoms with Gasteiger partial charge in [0.1, 0.15) is 0 Å². The Morgan fingerprint density at radius 3 is 2.67 bits per heavy atom. The highest BCUT2D eigenvalue weighted by molar-refractivity contribution is 6.18. The Labute approximate surface area is 131 Å². The van der Waals surface area contributed by atoms with Gasteiger partial charge in [0, 0.05) is 24.4 Å². The van der Waals surface area contributed by atoms with Crippen molar-refractivity contribution in [3.05, 3.63) is 42.1 Å². The zero-order valence-corrected chi connectivity index (χ0v) is 13.2. The Bertz CT molecular complexity index is 591. The number of pyridine rings is 1. The van der Waals surface area contributed by atoms with E-state index < -0.39 is 0 Å². The number of alkyl halides is 1. The molecule has 2 aromatic rings. The van der Waals surface area contributed by atoms with E-state index in [1.54, 1.807) is 0 Å². The van der Waals surface area contributed by atoms with Gasteiger partial charge in [-0.05, 0) is 30.4 Å². The molecule has 1 aliphatic rings. The van der Waals surface area contributed by atoms with Crippen LogP contribution in [0.4, 0.5) is 0 Å². The van der Waals surface area contributed by atoms with Gasteiger partial charge < -0.3 is 5.32 Å². The van der Waals surface area contributed by atoms with Crippen molar-refractivity contribution in [1.82, 2.24) is 10.3 Å². The molecule has 0 atom stereocenters. The first-order valence-corrected chi connectivity index (χ1v) is 8.46.